The van der Waals surface area contributed by atoms with Crippen molar-refractivity contribution in [1.29, 1.82) is 0 Å². The van der Waals surface area contributed by atoms with Crippen LogP contribution in [0.4, 0.5) is 0 Å². The fraction of sp³-hybridized carbons (Fsp3) is 0.588. The number of piperidine rings is 1. The monoisotopic (exact) mass is 317 g/mol. The van der Waals surface area contributed by atoms with Crippen LogP contribution in [0.1, 0.15) is 29.7 Å². The normalized spacial score (nSPS) is 20.8. The smallest absolute Gasteiger partial charge is 0.228 e. The first-order valence-corrected chi connectivity index (χ1v) is 8.08. The molecule has 0 aliphatic carbocycles. The van der Waals surface area contributed by atoms with E-state index >= 15 is 0 Å². The molecule has 3 heterocycles. The summed E-state index contributed by atoms with van der Waals surface area (Å²) in [7, 11) is 1.62. The van der Waals surface area contributed by atoms with E-state index in [0.29, 0.717) is 45.6 Å². The van der Waals surface area contributed by atoms with Gasteiger partial charge < -0.3 is 14.5 Å². The zero-order chi connectivity index (χ0) is 16.4. The van der Waals surface area contributed by atoms with Crippen molar-refractivity contribution < 1.29 is 14.3 Å². The molecule has 3 rings (SSSR count). The lowest BCUT2D eigenvalue weighted by atomic mass is 9.96. The molecule has 6 heteroatoms. The van der Waals surface area contributed by atoms with Crippen LogP contribution < -0.4 is 0 Å². The average molecular weight is 317 g/mol. The first-order chi connectivity index (χ1) is 11.1. The number of hydrogen-bond acceptors (Lipinski definition) is 4. The van der Waals surface area contributed by atoms with Crippen molar-refractivity contribution in [3.8, 4) is 0 Å². The highest BCUT2D eigenvalue weighted by Crippen LogP contribution is 2.27. The summed E-state index contributed by atoms with van der Waals surface area (Å²) < 4.78 is 5.05. The van der Waals surface area contributed by atoms with E-state index in [1.54, 1.807) is 12.0 Å². The van der Waals surface area contributed by atoms with Crippen LogP contribution in [0.5, 0.6) is 0 Å². The third kappa shape index (κ3) is 3.37. The zero-order valence-electron chi connectivity index (χ0n) is 13.7. The number of amides is 2. The predicted octanol–water partition coefficient (Wildman–Crippen LogP) is 1.12. The Kier molecular flexibility index (Phi) is 4.61. The van der Waals surface area contributed by atoms with Crippen molar-refractivity contribution in [3.05, 3.63) is 29.1 Å². The summed E-state index contributed by atoms with van der Waals surface area (Å²) in [5.74, 6) is 0.164. The minimum absolute atomic E-state index is 0.104. The number of methoxy groups -OCH3 is 1. The summed E-state index contributed by atoms with van der Waals surface area (Å²) in [5.41, 5.74) is 3.30. The van der Waals surface area contributed by atoms with E-state index in [4.69, 9.17) is 4.74 Å². The number of aryl methyl sites for hydroxylation is 1. The summed E-state index contributed by atoms with van der Waals surface area (Å²) in [6.07, 6.45) is 2.96. The molecule has 124 valence electrons. The molecule has 0 spiro atoms. The minimum atomic E-state index is -0.104. The number of nitrogens with zero attached hydrogens (tertiary/aromatic N) is 3. The van der Waals surface area contributed by atoms with E-state index in [2.05, 4.69) is 11.1 Å². The number of rotatable bonds is 4. The molecule has 1 saturated heterocycles. The molecule has 2 aliphatic heterocycles. The maximum Gasteiger partial charge on any atom is 0.228 e. The second-order valence-electron chi connectivity index (χ2n) is 6.36. The molecule has 0 bridgehead atoms. The fourth-order valence-corrected chi connectivity index (χ4v) is 3.35. The highest BCUT2D eigenvalue weighted by molar-refractivity contribution is 5.84. The van der Waals surface area contributed by atoms with Crippen molar-refractivity contribution >= 4 is 11.8 Å². The summed E-state index contributed by atoms with van der Waals surface area (Å²) in [6.45, 7) is 4.82. The molecule has 0 unspecified atom stereocenters. The van der Waals surface area contributed by atoms with Crippen LogP contribution in [0.2, 0.25) is 0 Å². The van der Waals surface area contributed by atoms with Crippen molar-refractivity contribution in [2.45, 2.75) is 32.9 Å². The number of fused-ring (bicyclic) bond motifs is 1. The van der Waals surface area contributed by atoms with Gasteiger partial charge in [-0.25, -0.2) is 0 Å². The molecule has 1 aromatic heterocycles. The Labute approximate surface area is 136 Å². The van der Waals surface area contributed by atoms with Gasteiger partial charge in [0, 0.05) is 51.6 Å². The molecule has 2 aliphatic rings. The molecule has 0 aromatic carbocycles. The van der Waals surface area contributed by atoms with E-state index in [1.165, 1.54) is 5.56 Å². The molecule has 2 amide bonds. The molecule has 0 radical (unpaired) electrons. The Hall–Kier alpha value is -1.95. The molecule has 1 fully saturated rings. The molecule has 1 aromatic rings. The van der Waals surface area contributed by atoms with Crippen molar-refractivity contribution in [3.63, 3.8) is 0 Å². The molecular weight excluding hydrogens is 294 g/mol. The van der Waals surface area contributed by atoms with Gasteiger partial charge in [-0.15, -0.1) is 0 Å². The molecule has 1 atom stereocenters. The van der Waals surface area contributed by atoms with Crippen LogP contribution >= 0.6 is 0 Å². The highest BCUT2D eigenvalue weighted by Gasteiger charge is 2.34. The van der Waals surface area contributed by atoms with Crippen LogP contribution in [0.25, 0.3) is 0 Å². The van der Waals surface area contributed by atoms with Gasteiger partial charge in [-0.1, -0.05) is 0 Å². The zero-order valence-corrected chi connectivity index (χ0v) is 13.7. The van der Waals surface area contributed by atoms with Gasteiger partial charge in [0.15, 0.2) is 0 Å². The number of likely N-dealkylation sites (tertiary alicyclic amines) is 1. The lowest BCUT2D eigenvalue weighted by Gasteiger charge is -2.33. The van der Waals surface area contributed by atoms with E-state index in [-0.39, 0.29) is 17.7 Å². The number of pyridine rings is 1. The summed E-state index contributed by atoms with van der Waals surface area (Å²) in [5, 5.41) is 0. The summed E-state index contributed by atoms with van der Waals surface area (Å²) in [4.78, 5) is 32.7. The third-order valence-corrected chi connectivity index (χ3v) is 4.67. The van der Waals surface area contributed by atoms with Gasteiger partial charge in [-0.2, -0.15) is 0 Å². The molecule has 0 N–H and O–H groups in total. The largest absolute Gasteiger partial charge is 0.383 e. The van der Waals surface area contributed by atoms with E-state index < -0.39 is 0 Å². The average Bonchev–Trinajstić information content (AvgIpc) is 2.96. The van der Waals surface area contributed by atoms with Gasteiger partial charge in [0.05, 0.1) is 12.5 Å². The first-order valence-electron chi connectivity index (χ1n) is 8.08. The van der Waals surface area contributed by atoms with E-state index in [9.17, 15) is 9.59 Å². The SMILES string of the molecule is COCCN1C[C@@H](C(=O)N2Cc3cnc(C)cc3C2)CCC1=O. The van der Waals surface area contributed by atoms with Crippen molar-refractivity contribution in [1.82, 2.24) is 14.8 Å². The van der Waals surface area contributed by atoms with Crippen LogP contribution in [0.3, 0.4) is 0 Å². The molecule has 23 heavy (non-hydrogen) atoms. The predicted molar refractivity (Wildman–Crippen MR) is 84.4 cm³/mol. The summed E-state index contributed by atoms with van der Waals surface area (Å²) in [6, 6.07) is 2.05. The van der Waals surface area contributed by atoms with Gasteiger partial charge in [0.1, 0.15) is 0 Å². The topological polar surface area (TPSA) is 62.7 Å². The Morgan fingerprint density at radius 3 is 2.96 bits per heavy atom. The van der Waals surface area contributed by atoms with Gasteiger partial charge in [0.2, 0.25) is 11.8 Å². The lowest BCUT2D eigenvalue weighted by Crippen LogP contribution is -2.46. The lowest BCUT2D eigenvalue weighted by molar-refractivity contribution is -0.143. The van der Waals surface area contributed by atoms with Gasteiger partial charge in [-0.05, 0) is 30.5 Å². The quantitative estimate of drug-likeness (QED) is 0.835. The Morgan fingerprint density at radius 2 is 2.17 bits per heavy atom. The van der Waals surface area contributed by atoms with Crippen LogP contribution in [0, 0.1) is 12.8 Å². The first kappa shape index (κ1) is 15.9. The maximum absolute atomic E-state index is 12.8. The van der Waals surface area contributed by atoms with Gasteiger partial charge in [0.25, 0.3) is 0 Å². The number of aromatic nitrogens is 1. The Balaban J connectivity index is 1.64. The number of hydrogen-bond donors (Lipinski definition) is 0. The fourth-order valence-electron chi connectivity index (χ4n) is 3.35. The number of carbonyl (C=O) groups is 2. The number of ether oxygens (including phenoxy) is 1. The van der Waals surface area contributed by atoms with Crippen molar-refractivity contribution in [2.75, 3.05) is 26.8 Å². The van der Waals surface area contributed by atoms with Crippen LogP contribution in [-0.4, -0.2) is 53.4 Å². The summed E-state index contributed by atoms with van der Waals surface area (Å²) >= 11 is 0. The van der Waals surface area contributed by atoms with Gasteiger partial charge >= 0.3 is 0 Å². The Morgan fingerprint density at radius 1 is 1.39 bits per heavy atom. The van der Waals surface area contributed by atoms with Gasteiger partial charge in [-0.3, -0.25) is 14.6 Å². The second kappa shape index (κ2) is 6.66. The maximum atomic E-state index is 12.8. The highest BCUT2D eigenvalue weighted by atomic mass is 16.5. The van der Waals surface area contributed by atoms with E-state index in [1.807, 2.05) is 18.0 Å². The van der Waals surface area contributed by atoms with Crippen LogP contribution in [0.15, 0.2) is 12.3 Å². The molecular formula is C17H23N3O3. The number of carbonyl (C=O) groups excluding carboxylic acids is 2. The van der Waals surface area contributed by atoms with Crippen molar-refractivity contribution in [2.24, 2.45) is 5.92 Å². The second-order valence-corrected chi connectivity index (χ2v) is 6.36. The van der Waals surface area contributed by atoms with Crippen LogP contribution in [-0.2, 0) is 27.4 Å². The Bertz CT molecular complexity index is 617. The standard InChI is InChI=1S/C17H23N3O3/c1-12-7-14-10-20(11-15(14)8-18-12)17(22)13-3-4-16(21)19(9-13)5-6-23-2/h7-8,13H,3-6,9-11H2,1-2H3/t13-/m0/s1. The molecule has 6 nitrogen and oxygen atoms in total. The van der Waals surface area contributed by atoms with E-state index in [0.717, 1.165) is 11.3 Å². The molecule has 0 saturated carbocycles. The minimum Gasteiger partial charge on any atom is -0.383 e. The third-order valence-electron chi connectivity index (χ3n) is 4.67.